The van der Waals surface area contributed by atoms with Crippen molar-refractivity contribution in [1.82, 2.24) is 10.3 Å². The summed E-state index contributed by atoms with van der Waals surface area (Å²) >= 11 is 6.44. The number of ether oxygens (including phenoxy) is 2. The molecule has 0 unspecified atom stereocenters. The van der Waals surface area contributed by atoms with Gasteiger partial charge in [0, 0.05) is 17.0 Å². The number of rotatable bonds is 6. The van der Waals surface area contributed by atoms with Gasteiger partial charge in [0.2, 0.25) is 5.91 Å². The van der Waals surface area contributed by atoms with Gasteiger partial charge in [-0.3, -0.25) is 10.1 Å². The van der Waals surface area contributed by atoms with Crippen molar-refractivity contribution >= 4 is 45.8 Å². The molecule has 0 radical (unpaired) electrons. The maximum atomic E-state index is 13.9. The molecule has 6 nitrogen and oxygen atoms in total. The van der Waals surface area contributed by atoms with Crippen molar-refractivity contribution in [3.8, 4) is 22.8 Å². The van der Waals surface area contributed by atoms with Gasteiger partial charge in [0.05, 0.1) is 19.9 Å². The molecule has 0 atom stereocenters. The number of methoxy groups -OCH3 is 2. The number of hydrogen-bond acceptors (Lipinski definition) is 6. The molecule has 0 aliphatic rings. The van der Waals surface area contributed by atoms with E-state index in [1.807, 2.05) is 12.1 Å². The Hall–Kier alpha value is -3.30. The van der Waals surface area contributed by atoms with E-state index in [9.17, 15) is 9.18 Å². The summed E-state index contributed by atoms with van der Waals surface area (Å²) < 4.78 is 23.9. The number of carbonyl (C=O) groups excluding carboxylic acids is 1. The van der Waals surface area contributed by atoms with Gasteiger partial charge in [-0.1, -0.05) is 12.1 Å². The number of aromatic nitrogens is 1. The standard InChI is InChI=1S/C21H18FN3O3S2/c1-27-15-7-3-13(4-8-15)5-10-19(26)24-20(29)25-21-23-17(12-30-21)14-6-9-18(28-2)16(22)11-14/h3-12H,1-2H3,(H2,23,24,25,26,29)/b10-5+. The summed E-state index contributed by atoms with van der Waals surface area (Å²) in [6, 6.07) is 11.9. The Bertz CT molecular complexity index is 1080. The van der Waals surface area contributed by atoms with Crippen LogP contribution in [0.3, 0.4) is 0 Å². The third-order valence-electron chi connectivity index (χ3n) is 3.95. The SMILES string of the molecule is COc1ccc(/C=C/C(=O)NC(=S)Nc2nc(-c3ccc(OC)c(F)c3)cs2)cc1. The van der Waals surface area contributed by atoms with Crippen LogP contribution in [-0.2, 0) is 4.79 Å². The smallest absolute Gasteiger partial charge is 0.250 e. The van der Waals surface area contributed by atoms with Crippen LogP contribution >= 0.6 is 23.6 Å². The zero-order valence-corrected chi connectivity index (χ0v) is 17.8. The first-order valence-corrected chi connectivity index (χ1v) is 10.0. The van der Waals surface area contributed by atoms with Crippen molar-refractivity contribution in [2.45, 2.75) is 0 Å². The van der Waals surface area contributed by atoms with E-state index in [2.05, 4.69) is 15.6 Å². The summed E-state index contributed by atoms with van der Waals surface area (Å²) in [7, 11) is 3.00. The number of amides is 1. The molecular weight excluding hydrogens is 425 g/mol. The Morgan fingerprint density at radius 1 is 1.17 bits per heavy atom. The van der Waals surface area contributed by atoms with Gasteiger partial charge in [0.25, 0.3) is 0 Å². The zero-order chi connectivity index (χ0) is 21.5. The molecule has 1 aromatic heterocycles. The van der Waals surface area contributed by atoms with Gasteiger partial charge < -0.3 is 14.8 Å². The Balaban J connectivity index is 1.56. The van der Waals surface area contributed by atoms with Crippen LogP contribution in [0.4, 0.5) is 9.52 Å². The first kappa shape index (κ1) is 21.4. The molecule has 1 amide bonds. The second-order valence-corrected chi connectivity index (χ2v) is 7.20. The first-order valence-electron chi connectivity index (χ1n) is 8.72. The molecule has 0 aliphatic carbocycles. The Kier molecular flexibility index (Phi) is 7.10. The minimum Gasteiger partial charge on any atom is -0.497 e. The summed E-state index contributed by atoms with van der Waals surface area (Å²) in [6.45, 7) is 0. The quantitative estimate of drug-likeness (QED) is 0.432. The number of anilines is 1. The van der Waals surface area contributed by atoms with E-state index in [4.69, 9.17) is 21.7 Å². The molecule has 2 aromatic carbocycles. The minimum absolute atomic E-state index is 0.112. The molecule has 0 saturated heterocycles. The predicted octanol–water partition coefficient (Wildman–Crippen LogP) is 4.49. The van der Waals surface area contributed by atoms with Crippen molar-refractivity contribution in [2.24, 2.45) is 0 Å². The number of nitrogens with one attached hydrogen (secondary N) is 2. The molecule has 0 aliphatic heterocycles. The van der Waals surface area contributed by atoms with Gasteiger partial charge in [-0.2, -0.15) is 0 Å². The van der Waals surface area contributed by atoms with Crippen molar-refractivity contribution in [3.05, 3.63) is 65.3 Å². The number of nitrogens with zero attached hydrogens (tertiary/aromatic N) is 1. The molecule has 0 saturated carbocycles. The highest BCUT2D eigenvalue weighted by molar-refractivity contribution is 7.80. The van der Waals surface area contributed by atoms with Gasteiger partial charge >= 0.3 is 0 Å². The number of thiocarbonyl (C=S) groups is 1. The lowest BCUT2D eigenvalue weighted by Crippen LogP contribution is -2.32. The molecule has 2 N–H and O–H groups in total. The summed E-state index contributed by atoms with van der Waals surface area (Å²) in [5, 5.41) is 7.76. The lowest BCUT2D eigenvalue weighted by molar-refractivity contribution is -0.115. The molecule has 9 heteroatoms. The van der Waals surface area contributed by atoms with Crippen LogP contribution in [0.2, 0.25) is 0 Å². The molecule has 0 bridgehead atoms. The third kappa shape index (κ3) is 5.62. The maximum Gasteiger partial charge on any atom is 0.250 e. The van der Waals surface area contributed by atoms with E-state index in [1.54, 1.807) is 36.8 Å². The predicted molar refractivity (Wildman–Crippen MR) is 120 cm³/mol. The molecule has 30 heavy (non-hydrogen) atoms. The summed E-state index contributed by atoms with van der Waals surface area (Å²) in [5.41, 5.74) is 2.04. The van der Waals surface area contributed by atoms with Crippen LogP contribution in [0.25, 0.3) is 17.3 Å². The van der Waals surface area contributed by atoms with E-state index in [1.165, 1.54) is 36.7 Å². The van der Waals surface area contributed by atoms with Gasteiger partial charge in [0.15, 0.2) is 21.8 Å². The summed E-state index contributed by atoms with van der Waals surface area (Å²) in [6.07, 6.45) is 3.04. The average molecular weight is 444 g/mol. The first-order chi connectivity index (χ1) is 14.5. The second kappa shape index (κ2) is 9.95. The number of hydrogen-bond donors (Lipinski definition) is 2. The monoisotopic (exact) mass is 443 g/mol. The Morgan fingerprint density at radius 3 is 2.60 bits per heavy atom. The van der Waals surface area contributed by atoms with E-state index < -0.39 is 5.82 Å². The fourth-order valence-electron chi connectivity index (χ4n) is 2.46. The normalized spacial score (nSPS) is 10.6. The molecule has 154 valence electrons. The van der Waals surface area contributed by atoms with E-state index in [0.29, 0.717) is 16.4 Å². The van der Waals surface area contributed by atoms with Crippen molar-refractivity contribution in [3.63, 3.8) is 0 Å². The van der Waals surface area contributed by atoms with Crippen LogP contribution in [-0.4, -0.2) is 30.2 Å². The summed E-state index contributed by atoms with van der Waals surface area (Å²) in [5.74, 6) is 0.0577. The van der Waals surface area contributed by atoms with Crippen molar-refractivity contribution in [2.75, 3.05) is 19.5 Å². The van der Waals surface area contributed by atoms with E-state index in [0.717, 1.165) is 11.3 Å². The highest BCUT2D eigenvalue weighted by Gasteiger charge is 2.10. The van der Waals surface area contributed by atoms with Crippen LogP contribution in [0.5, 0.6) is 11.5 Å². The van der Waals surface area contributed by atoms with E-state index in [-0.39, 0.29) is 16.8 Å². The highest BCUT2D eigenvalue weighted by atomic mass is 32.1. The van der Waals surface area contributed by atoms with Gasteiger partial charge in [-0.05, 0) is 54.2 Å². The fraction of sp³-hybridized carbons (Fsp3) is 0.0952. The lowest BCUT2D eigenvalue weighted by Gasteiger charge is -2.05. The fourth-order valence-corrected chi connectivity index (χ4v) is 3.44. The van der Waals surface area contributed by atoms with Gasteiger partial charge in [-0.25, -0.2) is 9.37 Å². The Morgan fingerprint density at radius 2 is 1.93 bits per heavy atom. The molecule has 0 fully saturated rings. The zero-order valence-electron chi connectivity index (χ0n) is 16.1. The van der Waals surface area contributed by atoms with Crippen LogP contribution < -0.4 is 20.1 Å². The number of carbonyl (C=O) groups is 1. The average Bonchev–Trinajstić information content (AvgIpc) is 3.20. The van der Waals surface area contributed by atoms with Crippen molar-refractivity contribution in [1.29, 1.82) is 0 Å². The topological polar surface area (TPSA) is 72.5 Å². The maximum absolute atomic E-state index is 13.9. The van der Waals surface area contributed by atoms with Crippen molar-refractivity contribution < 1.29 is 18.7 Å². The second-order valence-electron chi connectivity index (χ2n) is 5.94. The van der Waals surface area contributed by atoms with Crippen LogP contribution in [0.15, 0.2) is 53.9 Å². The molecule has 0 spiro atoms. The Labute approximate surface area is 182 Å². The van der Waals surface area contributed by atoms with Gasteiger partial charge in [-0.15, -0.1) is 11.3 Å². The third-order valence-corrected chi connectivity index (χ3v) is 4.91. The number of benzene rings is 2. The largest absolute Gasteiger partial charge is 0.497 e. The van der Waals surface area contributed by atoms with Crippen LogP contribution in [0, 0.1) is 5.82 Å². The number of thiazole rings is 1. The minimum atomic E-state index is -0.469. The van der Waals surface area contributed by atoms with Crippen LogP contribution in [0.1, 0.15) is 5.56 Å². The lowest BCUT2D eigenvalue weighted by atomic mass is 10.1. The molecule has 3 aromatic rings. The van der Waals surface area contributed by atoms with E-state index >= 15 is 0 Å². The number of halogens is 1. The highest BCUT2D eigenvalue weighted by Crippen LogP contribution is 2.28. The summed E-state index contributed by atoms with van der Waals surface area (Å²) in [4.78, 5) is 16.4. The molecular formula is C21H18FN3O3S2. The molecule has 1 heterocycles. The van der Waals surface area contributed by atoms with Gasteiger partial charge in [0.1, 0.15) is 5.75 Å². The molecule has 3 rings (SSSR count).